The highest BCUT2D eigenvalue weighted by Gasteiger charge is 1.78. The van der Waals surface area contributed by atoms with Gasteiger partial charge in [0.25, 0.3) is 0 Å². The minimum absolute atomic E-state index is 0. The van der Waals surface area contributed by atoms with Crippen molar-refractivity contribution in [3.05, 3.63) is 12.4 Å². The molecule has 0 aliphatic carbocycles. The molecule has 0 atom stereocenters. The molecule has 1 aromatic heterocycles. The quantitative estimate of drug-likeness (QED) is 0.496. The van der Waals surface area contributed by atoms with Crippen LogP contribution in [0.15, 0.2) is 12.4 Å². The van der Waals surface area contributed by atoms with Gasteiger partial charge in [0.1, 0.15) is 0 Å². The molecule has 0 bridgehead atoms. The Balaban J connectivity index is 0.000000490. The number of carbonyl (C=O) groups is 1. The first kappa shape index (κ1) is 7.10. The van der Waals surface area contributed by atoms with Gasteiger partial charge in [0.2, 0.25) is 6.41 Å². The van der Waals surface area contributed by atoms with Gasteiger partial charge in [-0.1, -0.05) is 5.21 Å². The fraction of sp³-hybridized carbons (Fsp3) is 0. The molecule has 1 aromatic rings. The second-order valence-corrected chi connectivity index (χ2v) is 0.988. The van der Waals surface area contributed by atoms with Gasteiger partial charge in [0, 0.05) is 0 Å². The van der Waals surface area contributed by atoms with Crippen LogP contribution in [0.25, 0.3) is 0 Å². The second kappa shape index (κ2) is 3.15. The predicted octanol–water partition coefficient (Wildman–Crippen LogP) is -0.262. The summed E-state index contributed by atoms with van der Waals surface area (Å²) in [6.07, 6.45) is 3.48. The lowest BCUT2D eigenvalue weighted by Gasteiger charge is -1.73. The lowest BCUT2D eigenvalue weighted by Crippen LogP contribution is -1.93. The molecule has 0 spiro atoms. The summed E-state index contributed by atoms with van der Waals surface area (Å²) in [5.41, 5.74) is 0. The van der Waals surface area contributed by atoms with E-state index in [2.05, 4.69) is 10.3 Å². The van der Waals surface area contributed by atoms with Crippen LogP contribution >= 0.6 is 12.4 Å². The SMILES string of the molecule is Cl.O=Cn1ccnn1. The first-order valence-corrected chi connectivity index (χ1v) is 1.74. The summed E-state index contributed by atoms with van der Waals surface area (Å²) in [6, 6.07) is 0. The number of carbonyl (C=O) groups excluding carboxylic acids is 1. The predicted molar refractivity (Wildman–Crippen MR) is 29.4 cm³/mol. The third-order valence-electron chi connectivity index (χ3n) is 0.549. The average Bonchev–Trinajstić information content (AvgIpc) is 2.14. The van der Waals surface area contributed by atoms with Gasteiger partial charge < -0.3 is 0 Å². The van der Waals surface area contributed by atoms with Crippen LogP contribution in [0.1, 0.15) is 0 Å². The molecule has 0 saturated heterocycles. The molecular weight excluding hydrogens is 130 g/mol. The molecule has 1 heterocycles. The van der Waals surface area contributed by atoms with E-state index in [1.807, 2.05) is 0 Å². The first-order chi connectivity index (χ1) is 3.43. The van der Waals surface area contributed by atoms with E-state index < -0.39 is 0 Å². The Kier molecular flexibility index (Phi) is 2.79. The van der Waals surface area contributed by atoms with Gasteiger partial charge in [-0.15, -0.1) is 17.5 Å². The highest BCUT2D eigenvalue weighted by Crippen LogP contribution is 1.67. The molecule has 1 rings (SSSR count). The van der Waals surface area contributed by atoms with E-state index in [0.29, 0.717) is 6.41 Å². The summed E-state index contributed by atoms with van der Waals surface area (Å²) in [6.45, 7) is 0. The maximum Gasteiger partial charge on any atom is 0.235 e. The Labute approximate surface area is 51.9 Å². The van der Waals surface area contributed by atoms with Gasteiger partial charge in [-0.3, -0.25) is 4.79 Å². The molecule has 0 radical (unpaired) electrons. The molecule has 0 aliphatic rings. The van der Waals surface area contributed by atoms with Crippen LogP contribution in [-0.2, 0) is 4.79 Å². The zero-order valence-electron chi connectivity index (χ0n) is 3.89. The molecule has 4 nitrogen and oxygen atoms in total. The van der Waals surface area contributed by atoms with E-state index in [1.165, 1.54) is 12.4 Å². The minimum atomic E-state index is 0. The largest absolute Gasteiger partial charge is 0.276 e. The topological polar surface area (TPSA) is 47.8 Å². The number of halogens is 1. The lowest BCUT2D eigenvalue weighted by atomic mass is 10.9. The Morgan fingerprint density at radius 2 is 2.38 bits per heavy atom. The minimum Gasteiger partial charge on any atom is -0.276 e. The summed E-state index contributed by atoms with van der Waals surface area (Å²) in [5, 5.41) is 6.71. The fourth-order valence-corrected chi connectivity index (χ4v) is 0.274. The van der Waals surface area contributed by atoms with Crippen molar-refractivity contribution in [2.75, 3.05) is 0 Å². The summed E-state index contributed by atoms with van der Waals surface area (Å²) in [7, 11) is 0. The second-order valence-electron chi connectivity index (χ2n) is 0.988. The van der Waals surface area contributed by atoms with E-state index >= 15 is 0 Å². The number of hydrogen-bond acceptors (Lipinski definition) is 3. The van der Waals surface area contributed by atoms with Crippen LogP contribution in [0.2, 0.25) is 0 Å². The molecule has 0 aliphatic heterocycles. The van der Waals surface area contributed by atoms with E-state index in [1.54, 1.807) is 0 Å². The summed E-state index contributed by atoms with van der Waals surface area (Å²) < 4.78 is 1.08. The normalized spacial score (nSPS) is 7.50. The van der Waals surface area contributed by atoms with Crippen molar-refractivity contribution in [1.82, 2.24) is 15.0 Å². The zero-order chi connectivity index (χ0) is 5.11. The van der Waals surface area contributed by atoms with Gasteiger partial charge in [-0.05, 0) is 0 Å². The number of aromatic nitrogens is 3. The maximum atomic E-state index is 9.73. The van der Waals surface area contributed by atoms with Gasteiger partial charge in [-0.2, -0.15) is 4.68 Å². The van der Waals surface area contributed by atoms with Crippen LogP contribution in [0.4, 0.5) is 0 Å². The molecule has 0 N–H and O–H groups in total. The average molecular weight is 134 g/mol. The van der Waals surface area contributed by atoms with E-state index in [4.69, 9.17) is 0 Å². The van der Waals surface area contributed by atoms with Crippen molar-refractivity contribution in [3.8, 4) is 0 Å². The summed E-state index contributed by atoms with van der Waals surface area (Å²) in [4.78, 5) is 9.73. The maximum absolute atomic E-state index is 9.73. The molecule has 0 saturated carbocycles. The standard InChI is InChI=1S/C3H3N3O.ClH/c7-3-6-2-1-4-5-6;/h1-3H;1H. The molecule has 0 unspecified atom stereocenters. The van der Waals surface area contributed by atoms with Gasteiger partial charge in [0.05, 0.1) is 12.4 Å². The Bertz CT molecular complexity index is 150. The van der Waals surface area contributed by atoms with E-state index in [9.17, 15) is 4.79 Å². The Morgan fingerprint density at radius 1 is 1.62 bits per heavy atom. The van der Waals surface area contributed by atoms with Crippen LogP contribution in [0, 0.1) is 0 Å². The summed E-state index contributed by atoms with van der Waals surface area (Å²) >= 11 is 0. The molecular formula is C3H4ClN3O. The Hall–Kier alpha value is -0.900. The van der Waals surface area contributed by atoms with Crippen molar-refractivity contribution in [1.29, 1.82) is 0 Å². The molecule has 0 fully saturated rings. The Morgan fingerprint density at radius 3 is 2.62 bits per heavy atom. The van der Waals surface area contributed by atoms with Crippen molar-refractivity contribution in [2.45, 2.75) is 0 Å². The molecule has 0 aromatic carbocycles. The number of nitrogens with zero attached hydrogens (tertiary/aromatic N) is 3. The highest BCUT2D eigenvalue weighted by molar-refractivity contribution is 5.85. The van der Waals surface area contributed by atoms with E-state index in [0.717, 1.165) is 4.68 Å². The summed E-state index contributed by atoms with van der Waals surface area (Å²) in [5.74, 6) is 0. The van der Waals surface area contributed by atoms with Crippen LogP contribution in [0.5, 0.6) is 0 Å². The molecule has 44 valence electrons. The molecule has 8 heavy (non-hydrogen) atoms. The van der Waals surface area contributed by atoms with Crippen LogP contribution < -0.4 is 0 Å². The number of rotatable bonds is 1. The highest BCUT2D eigenvalue weighted by atomic mass is 35.5. The fourth-order valence-electron chi connectivity index (χ4n) is 0.274. The number of hydrogen-bond donors (Lipinski definition) is 0. The zero-order valence-corrected chi connectivity index (χ0v) is 4.71. The van der Waals surface area contributed by atoms with Crippen molar-refractivity contribution >= 4 is 18.8 Å². The lowest BCUT2D eigenvalue weighted by molar-refractivity contribution is 0.538. The monoisotopic (exact) mass is 133 g/mol. The van der Waals surface area contributed by atoms with Crippen molar-refractivity contribution < 1.29 is 4.79 Å². The van der Waals surface area contributed by atoms with E-state index in [-0.39, 0.29) is 12.4 Å². The molecule has 5 heteroatoms. The smallest absolute Gasteiger partial charge is 0.235 e. The van der Waals surface area contributed by atoms with Gasteiger partial charge in [-0.25, -0.2) is 0 Å². The molecule has 0 amide bonds. The first-order valence-electron chi connectivity index (χ1n) is 1.74. The third kappa shape index (κ3) is 1.31. The van der Waals surface area contributed by atoms with Gasteiger partial charge in [0.15, 0.2) is 0 Å². The van der Waals surface area contributed by atoms with Crippen LogP contribution in [-0.4, -0.2) is 21.4 Å². The van der Waals surface area contributed by atoms with Crippen molar-refractivity contribution in [2.24, 2.45) is 0 Å². The van der Waals surface area contributed by atoms with Crippen molar-refractivity contribution in [3.63, 3.8) is 0 Å². The third-order valence-corrected chi connectivity index (χ3v) is 0.549. The van der Waals surface area contributed by atoms with Crippen LogP contribution in [0.3, 0.4) is 0 Å². The van der Waals surface area contributed by atoms with Gasteiger partial charge >= 0.3 is 0 Å².